The minimum atomic E-state index is -4.21. The minimum Gasteiger partial charge on any atom is -1.00 e. The van der Waals surface area contributed by atoms with E-state index in [-0.39, 0.29) is 44.7 Å². The topological polar surface area (TPSA) is 0 Å². The Morgan fingerprint density at radius 1 is 0.649 bits per heavy atom. The molecule has 0 saturated heterocycles. The molecule has 1 unspecified atom stereocenters. The fourth-order valence-corrected chi connectivity index (χ4v) is 25.4. The van der Waals surface area contributed by atoms with Gasteiger partial charge in [-0.15, -0.1) is 0 Å². The van der Waals surface area contributed by atoms with Crippen LogP contribution >= 0.6 is 23.2 Å². The van der Waals surface area contributed by atoms with E-state index in [1.54, 1.807) is 8.85 Å². The van der Waals surface area contributed by atoms with Crippen LogP contribution in [0.1, 0.15) is 137 Å². The number of hydrogen-bond donors (Lipinski definition) is 0. The molecule has 0 bridgehead atoms. The fourth-order valence-electron chi connectivity index (χ4n) is 10.9. The van der Waals surface area contributed by atoms with Gasteiger partial charge in [-0.2, -0.15) is 0 Å². The Morgan fingerprint density at radius 3 is 1.44 bits per heavy atom. The monoisotopic (exact) mass is 910 g/mol. The second-order valence-electron chi connectivity index (χ2n) is 18.9. The molecule has 8 rings (SSSR count). The summed E-state index contributed by atoms with van der Waals surface area (Å²) in [5.74, 6) is 0.365. The first kappa shape index (κ1) is 44.2. The second kappa shape index (κ2) is 15.6. The van der Waals surface area contributed by atoms with Gasteiger partial charge in [-0.1, -0.05) is 0 Å². The van der Waals surface area contributed by atoms with Crippen molar-refractivity contribution in [2.75, 3.05) is 0 Å². The predicted octanol–water partition coefficient (Wildman–Crippen LogP) is 8.99. The van der Waals surface area contributed by atoms with Gasteiger partial charge in [0.15, 0.2) is 0 Å². The summed E-state index contributed by atoms with van der Waals surface area (Å²) in [6.45, 7) is 26.2. The summed E-state index contributed by atoms with van der Waals surface area (Å²) >= 11 is 9.03. The molecule has 5 heteroatoms. The summed E-state index contributed by atoms with van der Waals surface area (Å²) in [7, 11) is 0. The van der Waals surface area contributed by atoms with Crippen LogP contribution in [0.2, 0.25) is 10.0 Å². The number of halogens is 4. The van der Waals surface area contributed by atoms with Crippen LogP contribution in [0.15, 0.2) is 105 Å². The number of fused-ring (bicyclic) bond motifs is 5. The Morgan fingerprint density at radius 2 is 1.07 bits per heavy atom. The summed E-state index contributed by atoms with van der Waals surface area (Å²) in [5, 5.41) is 1.55. The fraction of sp³-hybridized carbons (Fsp3) is 0.346. The van der Waals surface area contributed by atoms with Crippen molar-refractivity contribution >= 4 is 41.8 Å². The third-order valence-electron chi connectivity index (χ3n) is 13.2. The van der Waals surface area contributed by atoms with Crippen LogP contribution in [0, 0.1) is 11.3 Å². The van der Waals surface area contributed by atoms with Crippen molar-refractivity contribution in [1.82, 2.24) is 0 Å². The van der Waals surface area contributed by atoms with Crippen LogP contribution in [-0.2, 0) is 30.1 Å². The zero-order valence-corrected chi connectivity index (χ0v) is 40.9. The maximum atomic E-state index is 6.62. The molecule has 0 fully saturated rings. The summed E-state index contributed by atoms with van der Waals surface area (Å²) in [6.07, 6.45) is 9.74. The van der Waals surface area contributed by atoms with Crippen molar-refractivity contribution in [2.45, 2.75) is 103 Å². The molecule has 0 radical (unpaired) electrons. The van der Waals surface area contributed by atoms with Gasteiger partial charge >= 0.3 is 347 Å². The molecule has 4 aromatic carbocycles. The largest absolute Gasteiger partial charge is 1.00 e. The predicted molar refractivity (Wildman–Crippen MR) is 239 cm³/mol. The Labute approximate surface area is 368 Å². The maximum Gasteiger partial charge on any atom is -1.00 e. The summed E-state index contributed by atoms with van der Waals surface area (Å²) in [5.41, 5.74) is 20.0. The van der Waals surface area contributed by atoms with Gasteiger partial charge in [0, 0.05) is 0 Å². The average molecular weight is 914 g/mol. The van der Waals surface area contributed by atoms with Crippen molar-refractivity contribution in [3.05, 3.63) is 160 Å². The molecule has 0 aliphatic heterocycles. The molecule has 0 heterocycles. The van der Waals surface area contributed by atoms with Crippen LogP contribution in [-0.4, -0.2) is 7.42 Å². The number of hydrogen-bond acceptors (Lipinski definition) is 0. The van der Waals surface area contributed by atoms with E-state index in [9.17, 15) is 0 Å². The molecule has 4 aliphatic rings. The maximum absolute atomic E-state index is 6.62. The van der Waals surface area contributed by atoms with Crippen LogP contribution in [0.4, 0.5) is 0 Å². The number of rotatable bonds is 6. The van der Waals surface area contributed by atoms with Crippen LogP contribution in [0.3, 0.4) is 0 Å². The molecule has 0 spiro atoms. The van der Waals surface area contributed by atoms with Gasteiger partial charge in [-0.3, -0.25) is 0 Å². The molecule has 0 nitrogen and oxygen atoms in total. The van der Waals surface area contributed by atoms with E-state index in [2.05, 4.69) is 175 Å². The first-order chi connectivity index (χ1) is 25.9. The van der Waals surface area contributed by atoms with Crippen molar-refractivity contribution < 1.29 is 44.1 Å². The van der Waals surface area contributed by atoms with Crippen LogP contribution in [0.25, 0.3) is 22.3 Å². The quantitative estimate of drug-likeness (QED) is 0.181. The van der Waals surface area contributed by atoms with Gasteiger partial charge in [-0.25, -0.2) is 0 Å². The molecule has 1 atom stereocenters. The zero-order chi connectivity index (χ0) is 39.4. The molecule has 4 aliphatic carbocycles. The van der Waals surface area contributed by atoms with Gasteiger partial charge in [0.1, 0.15) is 0 Å². The average Bonchev–Trinajstić information content (AvgIpc) is 3.80. The van der Waals surface area contributed by atoms with Crippen molar-refractivity contribution in [3.63, 3.8) is 0 Å². The molecule has 0 amide bonds. The third kappa shape index (κ3) is 7.33. The molecule has 0 saturated carbocycles. The Bertz CT molecular complexity index is 2390. The van der Waals surface area contributed by atoms with E-state index < -0.39 is 19.3 Å². The van der Waals surface area contributed by atoms with Crippen LogP contribution in [0.5, 0.6) is 0 Å². The van der Waals surface area contributed by atoms with Crippen molar-refractivity contribution in [3.8, 4) is 11.1 Å². The standard InChI is InChI=1S/C25H25.C13H21.2C7H5Cl.2ClH.Zr/c1-14-12-24(3,4)22-8-16-7-17-9-23-19(15(2)13-25(23,5)6)11-21(17)20(16)10-18(14)22;1-6-10-8-11(7-2)12(9-10)13(3,4)5;2*1-6-2-4-7(8)5-3-6;;;/h7-13H,1-6H3;9-10H,6-7H2,1-5H3;2*1-5H;2*1H;/q;;;;;;+2/p-2. The number of benzene rings is 4. The molecule has 57 heavy (non-hydrogen) atoms. The smallest absolute Gasteiger partial charge is 1.00 e. The van der Waals surface area contributed by atoms with Gasteiger partial charge in [0.25, 0.3) is 0 Å². The van der Waals surface area contributed by atoms with Gasteiger partial charge in [-0.05, 0) is 0 Å². The van der Waals surface area contributed by atoms with Crippen molar-refractivity contribution in [2.24, 2.45) is 11.3 Å². The van der Waals surface area contributed by atoms with E-state index in [1.807, 2.05) is 0 Å². The van der Waals surface area contributed by atoms with E-state index in [0.717, 1.165) is 22.9 Å². The Hall–Kier alpha value is -2.38. The number of allylic oxidation sites excluding steroid dienone is 8. The minimum absolute atomic E-state index is 0. The Kier molecular flexibility index (Phi) is 12.1. The molecule has 0 N–H and O–H groups in total. The van der Waals surface area contributed by atoms with E-state index >= 15 is 0 Å². The summed E-state index contributed by atoms with van der Waals surface area (Å²) in [4.78, 5) is 0. The molecular weight excluding hydrogens is 858 g/mol. The van der Waals surface area contributed by atoms with Crippen molar-refractivity contribution in [1.29, 1.82) is 0 Å². The van der Waals surface area contributed by atoms with Gasteiger partial charge in [0.05, 0.1) is 0 Å². The molecule has 296 valence electrons. The molecular formula is C52H56Cl4Zr. The molecule has 0 aromatic heterocycles. The Balaban J connectivity index is 0.00000275. The van der Waals surface area contributed by atoms with Gasteiger partial charge in [0.2, 0.25) is 0 Å². The SMILES string of the molecule is CCC1=[C]([Zr+2](=[CH]c2ccc(Cl)cc2)(=[CH]c2ccc(Cl)cc2)[CH]2c3cc4c(cc3-c3cc5c(cc32)C(C)(C)C=C5C)C(C)=CC4(C)C)C(CC)C=C1C(C)(C)C.[Cl-].[Cl-]. The summed E-state index contributed by atoms with van der Waals surface area (Å²) in [6, 6.07) is 27.9. The van der Waals surface area contributed by atoms with E-state index in [1.165, 1.54) is 72.4 Å². The van der Waals surface area contributed by atoms with E-state index in [4.69, 9.17) is 23.2 Å². The zero-order valence-electron chi connectivity index (χ0n) is 35.4. The van der Waals surface area contributed by atoms with E-state index in [0.29, 0.717) is 5.92 Å². The first-order valence-electron chi connectivity index (χ1n) is 20.3. The van der Waals surface area contributed by atoms with Gasteiger partial charge < -0.3 is 24.8 Å². The summed E-state index contributed by atoms with van der Waals surface area (Å²) < 4.78 is 7.59. The third-order valence-corrected chi connectivity index (χ3v) is 25.5. The van der Waals surface area contributed by atoms with Crippen LogP contribution < -0.4 is 24.8 Å². The normalized spacial score (nSPS) is 18.2. The molecule has 4 aromatic rings. The second-order valence-corrected chi connectivity index (χ2v) is 28.5. The first-order valence-corrected chi connectivity index (χ1v) is 26.6.